The maximum atomic E-state index is 11.8. The molecule has 3 aromatic rings. The molecule has 0 radical (unpaired) electrons. The van der Waals surface area contributed by atoms with Gasteiger partial charge in [-0.05, 0) is 48.9 Å². The van der Waals surface area contributed by atoms with Gasteiger partial charge < -0.3 is 15.0 Å². The number of carbonyl (C=O) groups is 1. The van der Waals surface area contributed by atoms with Crippen LogP contribution in [0, 0.1) is 5.41 Å². The van der Waals surface area contributed by atoms with Crippen LogP contribution in [0.2, 0.25) is 0 Å². The number of rotatable bonds is 8. The van der Waals surface area contributed by atoms with E-state index >= 15 is 0 Å². The van der Waals surface area contributed by atoms with Gasteiger partial charge in [-0.25, -0.2) is 9.97 Å². The van der Waals surface area contributed by atoms with E-state index in [0.717, 1.165) is 24.3 Å². The summed E-state index contributed by atoms with van der Waals surface area (Å²) in [6.07, 6.45) is 5.33. The van der Waals surface area contributed by atoms with Gasteiger partial charge in [0.1, 0.15) is 23.6 Å². The number of nitrogens with one attached hydrogen (secondary N) is 2. The third-order valence-electron chi connectivity index (χ3n) is 5.21. The van der Waals surface area contributed by atoms with E-state index < -0.39 is 0 Å². The van der Waals surface area contributed by atoms with Crippen LogP contribution in [0.25, 0.3) is 0 Å². The van der Waals surface area contributed by atoms with E-state index in [0.29, 0.717) is 29.4 Å². The molecule has 1 aliphatic rings. The van der Waals surface area contributed by atoms with Gasteiger partial charge in [-0.2, -0.15) is 0 Å². The summed E-state index contributed by atoms with van der Waals surface area (Å²) >= 11 is 0. The van der Waals surface area contributed by atoms with Gasteiger partial charge in [-0.1, -0.05) is 24.8 Å². The summed E-state index contributed by atoms with van der Waals surface area (Å²) in [5.74, 6) is 1.96. The molecule has 0 aliphatic carbocycles. The van der Waals surface area contributed by atoms with E-state index in [1.807, 2.05) is 54.6 Å². The zero-order valence-electron chi connectivity index (χ0n) is 17.0. The van der Waals surface area contributed by atoms with Crippen molar-refractivity contribution in [3.8, 4) is 11.5 Å². The second kappa shape index (κ2) is 9.21. The highest BCUT2D eigenvalue weighted by Gasteiger charge is 2.30. The number of likely N-dealkylation sites (tertiary alicyclic amines) is 1. The summed E-state index contributed by atoms with van der Waals surface area (Å²) in [5, 5.41) is 11.9. The third-order valence-corrected chi connectivity index (χ3v) is 5.21. The minimum Gasteiger partial charge on any atom is -0.457 e. The van der Waals surface area contributed by atoms with Gasteiger partial charge in [0.25, 0.3) is 0 Å². The molecule has 2 aromatic carbocycles. The number of benzene rings is 2. The molecule has 2 N–H and O–H groups in total. The highest BCUT2D eigenvalue weighted by molar-refractivity contribution is 6.13. The van der Waals surface area contributed by atoms with Crippen molar-refractivity contribution in [1.29, 1.82) is 5.41 Å². The lowest BCUT2D eigenvalue weighted by Crippen LogP contribution is -2.53. The first-order valence-corrected chi connectivity index (χ1v) is 10.0. The number of carbonyl (C=O) groups excluding carboxylic acids is 1. The number of hydrogen-bond acceptors (Lipinski definition) is 6. The molecule has 1 saturated heterocycles. The Labute approximate surface area is 180 Å². The SMILES string of the molecule is C=CC(=O)N1CCC1CNc1ncncc1C(=N)c1ccc(Oc2ccccc2)cc1. The molecule has 0 spiro atoms. The van der Waals surface area contributed by atoms with Crippen LogP contribution in [0.5, 0.6) is 11.5 Å². The Hall–Kier alpha value is -4.00. The van der Waals surface area contributed by atoms with Crippen LogP contribution in [0.3, 0.4) is 0 Å². The number of hydrogen-bond donors (Lipinski definition) is 2. The number of aromatic nitrogens is 2. The van der Waals surface area contributed by atoms with Crippen molar-refractivity contribution in [1.82, 2.24) is 14.9 Å². The molecule has 156 valence electrons. The maximum Gasteiger partial charge on any atom is 0.246 e. The molecule has 7 heteroatoms. The second-order valence-corrected chi connectivity index (χ2v) is 7.16. The Balaban J connectivity index is 1.44. The van der Waals surface area contributed by atoms with Crippen molar-refractivity contribution in [2.75, 3.05) is 18.4 Å². The van der Waals surface area contributed by atoms with Crippen molar-refractivity contribution in [3.05, 3.63) is 90.9 Å². The van der Waals surface area contributed by atoms with Crippen LogP contribution in [-0.4, -0.2) is 45.6 Å². The van der Waals surface area contributed by atoms with Crippen molar-refractivity contribution >= 4 is 17.4 Å². The number of anilines is 1. The fourth-order valence-corrected chi connectivity index (χ4v) is 3.40. The molecule has 0 bridgehead atoms. The Morgan fingerprint density at radius 2 is 1.94 bits per heavy atom. The lowest BCUT2D eigenvalue weighted by Gasteiger charge is -2.40. The fraction of sp³-hybridized carbons (Fsp3) is 0.167. The Morgan fingerprint density at radius 1 is 1.19 bits per heavy atom. The molecule has 1 fully saturated rings. The summed E-state index contributed by atoms with van der Waals surface area (Å²) in [5.41, 5.74) is 1.63. The van der Waals surface area contributed by atoms with Crippen LogP contribution < -0.4 is 10.1 Å². The van der Waals surface area contributed by atoms with Gasteiger partial charge in [-0.15, -0.1) is 0 Å². The molecule has 2 heterocycles. The molecular weight excluding hydrogens is 390 g/mol. The largest absolute Gasteiger partial charge is 0.457 e. The lowest BCUT2D eigenvalue weighted by molar-refractivity contribution is -0.132. The summed E-state index contributed by atoms with van der Waals surface area (Å²) < 4.78 is 5.82. The lowest BCUT2D eigenvalue weighted by atomic mass is 10.0. The van der Waals surface area contributed by atoms with Crippen LogP contribution in [0.15, 0.2) is 79.8 Å². The van der Waals surface area contributed by atoms with E-state index in [-0.39, 0.29) is 11.9 Å². The molecule has 1 aliphatic heterocycles. The summed E-state index contributed by atoms with van der Waals surface area (Å²) in [6.45, 7) is 4.84. The van der Waals surface area contributed by atoms with Gasteiger partial charge in [0.05, 0.1) is 17.3 Å². The molecule has 0 saturated carbocycles. The van der Waals surface area contributed by atoms with Crippen LogP contribution >= 0.6 is 0 Å². The van der Waals surface area contributed by atoms with Crippen molar-refractivity contribution in [3.63, 3.8) is 0 Å². The first-order chi connectivity index (χ1) is 15.2. The van der Waals surface area contributed by atoms with E-state index in [9.17, 15) is 4.79 Å². The zero-order chi connectivity index (χ0) is 21.6. The highest BCUT2D eigenvalue weighted by Crippen LogP contribution is 2.24. The summed E-state index contributed by atoms with van der Waals surface area (Å²) in [7, 11) is 0. The number of ether oxygens (including phenoxy) is 1. The maximum absolute atomic E-state index is 11.8. The monoisotopic (exact) mass is 413 g/mol. The normalized spacial score (nSPS) is 15.0. The molecule has 7 nitrogen and oxygen atoms in total. The van der Waals surface area contributed by atoms with E-state index in [1.165, 1.54) is 12.4 Å². The average Bonchev–Trinajstić information content (AvgIpc) is 2.79. The van der Waals surface area contributed by atoms with E-state index in [4.69, 9.17) is 10.1 Å². The number of para-hydroxylation sites is 1. The Kier molecular flexibility index (Phi) is 6.03. The molecule has 1 unspecified atom stereocenters. The predicted molar refractivity (Wildman–Crippen MR) is 120 cm³/mol. The van der Waals surface area contributed by atoms with Gasteiger partial charge in [0.2, 0.25) is 5.91 Å². The van der Waals surface area contributed by atoms with Crippen LogP contribution in [0.4, 0.5) is 5.82 Å². The third kappa shape index (κ3) is 4.61. The molecule has 1 aromatic heterocycles. The highest BCUT2D eigenvalue weighted by atomic mass is 16.5. The molecule has 1 amide bonds. The number of nitrogens with zero attached hydrogens (tertiary/aromatic N) is 3. The van der Waals surface area contributed by atoms with Gasteiger partial charge >= 0.3 is 0 Å². The van der Waals surface area contributed by atoms with Gasteiger partial charge in [0, 0.05) is 24.8 Å². The minimum absolute atomic E-state index is 0.0634. The van der Waals surface area contributed by atoms with Gasteiger partial charge in [-0.3, -0.25) is 10.2 Å². The fourth-order valence-electron chi connectivity index (χ4n) is 3.40. The van der Waals surface area contributed by atoms with Crippen LogP contribution in [-0.2, 0) is 4.79 Å². The Morgan fingerprint density at radius 3 is 2.61 bits per heavy atom. The molecule has 1 atom stereocenters. The van der Waals surface area contributed by atoms with Crippen molar-refractivity contribution in [2.24, 2.45) is 0 Å². The molecule has 31 heavy (non-hydrogen) atoms. The quantitative estimate of drug-likeness (QED) is 0.432. The average molecular weight is 413 g/mol. The van der Waals surface area contributed by atoms with Crippen LogP contribution in [0.1, 0.15) is 17.5 Å². The minimum atomic E-state index is -0.0634. The first kappa shape index (κ1) is 20.3. The summed E-state index contributed by atoms with van der Waals surface area (Å²) in [6, 6.07) is 17.0. The van der Waals surface area contributed by atoms with E-state index in [2.05, 4.69) is 21.9 Å². The van der Waals surface area contributed by atoms with Crippen molar-refractivity contribution < 1.29 is 9.53 Å². The smallest absolute Gasteiger partial charge is 0.246 e. The Bertz CT molecular complexity index is 1080. The standard InChI is InChI=1S/C24H23N5O2/c1-2-22(30)29-13-12-18(29)14-27-24-21(15-26-16-28-24)23(25)17-8-10-20(11-9-17)31-19-6-4-3-5-7-19/h2-11,15-16,18,25H,1,12-14H2,(H,26,27,28). The zero-order valence-corrected chi connectivity index (χ0v) is 17.0. The predicted octanol–water partition coefficient (Wildman–Crippen LogP) is 3.88. The second-order valence-electron chi connectivity index (χ2n) is 7.16. The summed E-state index contributed by atoms with van der Waals surface area (Å²) in [4.78, 5) is 22.0. The number of amides is 1. The molecule has 4 rings (SSSR count). The molecular formula is C24H23N5O2. The topological polar surface area (TPSA) is 91.2 Å². The van der Waals surface area contributed by atoms with Crippen molar-refractivity contribution in [2.45, 2.75) is 12.5 Å². The van der Waals surface area contributed by atoms with E-state index in [1.54, 1.807) is 11.1 Å². The first-order valence-electron chi connectivity index (χ1n) is 10.0. The van der Waals surface area contributed by atoms with Gasteiger partial charge in [0.15, 0.2) is 0 Å².